The van der Waals surface area contributed by atoms with Crippen LogP contribution in [-0.2, 0) is 9.53 Å². The standard InChI is InChI=1S/C15H22O3/c1-8-6-15(7-12(8)16)9(2)4-5-11-10(3)14(17)18-13(11)15/h6,9-13,16H,4-5,7H2,1-3H3/t9-,10-,11+,12-,13-,15+/m0/s1. The van der Waals surface area contributed by atoms with Gasteiger partial charge in [-0.1, -0.05) is 19.9 Å². The number of ether oxygens (including phenoxy) is 1. The molecule has 0 amide bonds. The van der Waals surface area contributed by atoms with Crippen LogP contribution in [0.1, 0.15) is 40.0 Å². The van der Waals surface area contributed by atoms with E-state index in [0.29, 0.717) is 11.8 Å². The highest BCUT2D eigenvalue weighted by Gasteiger charge is 2.59. The van der Waals surface area contributed by atoms with Gasteiger partial charge in [-0.05, 0) is 37.7 Å². The van der Waals surface area contributed by atoms with Gasteiger partial charge in [-0.25, -0.2) is 0 Å². The first-order valence-electron chi connectivity index (χ1n) is 7.03. The zero-order chi connectivity index (χ0) is 13.1. The monoisotopic (exact) mass is 250 g/mol. The number of fused-ring (bicyclic) bond motifs is 2. The number of hydrogen-bond donors (Lipinski definition) is 1. The number of hydrogen-bond acceptors (Lipinski definition) is 3. The van der Waals surface area contributed by atoms with Gasteiger partial charge >= 0.3 is 5.97 Å². The SMILES string of the molecule is CC1=C[C@@]2(C[C@@H]1O)[C@@H](C)CC[C@@H]1[C@H](C)C(=O)O[C@@H]12. The lowest BCUT2D eigenvalue weighted by atomic mass is 9.60. The predicted molar refractivity (Wildman–Crippen MR) is 67.7 cm³/mol. The van der Waals surface area contributed by atoms with Gasteiger partial charge in [0.25, 0.3) is 0 Å². The Hall–Kier alpha value is -0.830. The maximum Gasteiger partial charge on any atom is 0.309 e. The molecule has 1 N–H and O–H groups in total. The van der Waals surface area contributed by atoms with E-state index >= 15 is 0 Å². The second-order valence-corrected chi connectivity index (χ2v) is 6.51. The van der Waals surface area contributed by atoms with Crippen molar-refractivity contribution < 1.29 is 14.6 Å². The number of aliphatic hydroxyl groups is 1. The maximum atomic E-state index is 11.8. The number of carbonyl (C=O) groups excluding carboxylic acids is 1. The fraction of sp³-hybridized carbons (Fsp3) is 0.800. The summed E-state index contributed by atoms with van der Waals surface area (Å²) in [6.07, 6.45) is 4.74. The summed E-state index contributed by atoms with van der Waals surface area (Å²) >= 11 is 0. The van der Waals surface area contributed by atoms with E-state index in [1.165, 1.54) is 0 Å². The number of carbonyl (C=O) groups is 1. The number of esters is 1. The van der Waals surface area contributed by atoms with Gasteiger partial charge < -0.3 is 9.84 Å². The Morgan fingerprint density at radius 3 is 2.72 bits per heavy atom. The second kappa shape index (κ2) is 3.83. The summed E-state index contributed by atoms with van der Waals surface area (Å²) in [5, 5.41) is 10.1. The average molecular weight is 250 g/mol. The van der Waals surface area contributed by atoms with E-state index in [0.717, 1.165) is 24.8 Å². The molecule has 100 valence electrons. The minimum Gasteiger partial charge on any atom is -0.461 e. The molecule has 0 unspecified atom stereocenters. The lowest BCUT2D eigenvalue weighted by Gasteiger charge is -2.45. The minimum absolute atomic E-state index is 0.0177. The van der Waals surface area contributed by atoms with Crippen LogP contribution >= 0.6 is 0 Å². The van der Waals surface area contributed by atoms with Crippen LogP contribution in [0.4, 0.5) is 0 Å². The van der Waals surface area contributed by atoms with E-state index in [4.69, 9.17) is 4.74 Å². The van der Waals surface area contributed by atoms with Crippen molar-refractivity contribution in [3.05, 3.63) is 11.6 Å². The molecule has 3 nitrogen and oxygen atoms in total. The molecule has 1 spiro atoms. The van der Waals surface area contributed by atoms with Crippen LogP contribution in [0, 0.1) is 23.2 Å². The Labute approximate surface area is 108 Å². The molecule has 18 heavy (non-hydrogen) atoms. The molecule has 1 saturated heterocycles. The molecule has 2 aliphatic carbocycles. The molecule has 0 aromatic rings. The predicted octanol–water partition coefficient (Wildman–Crippen LogP) is 2.29. The van der Waals surface area contributed by atoms with Crippen LogP contribution in [0.15, 0.2) is 11.6 Å². The van der Waals surface area contributed by atoms with Crippen molar-refractivity contribution in [3.8, 4) is 0 Å². The topological polar surface area (TPSA) is 46.5 Å². The molecular formula is C15H22O3. The zero-order valence-corrected chi connectivity index (χ0v) is 11.3. The normalized spacial score (nSPS) is 51.2. The summed E-state index contributed by atoms with van der Waals surface area (Å²) in [6.45, 7) is 6.20. The third-order valence-electron chi connectivity index (χ3n) is 5.60. The van der Waals surface area contributed by atoms with Gasteiger partial charge in [-0.2, -0.15) is 0 Å². The summed E-state index contributed by atoms with van der Waals surface area (Å²) in [5.41, 5.74) is 0.922. The van der Waals surface area contributed by atoms with Crippen LogP contribution < -0.4 is 0 Å². The van der Waals surface area contributed by atoms with E-state index in [-0.39, 0.29) is 29.5 Å². The van der Waals surface area contributed by atoms with Gasteiger partial charge in [0.2, 0.25) is 0 Å². The van der Waals surface area contributed by atoms with Crippen molar-refractivity contribution in [2.24, 2.45) is 23.2 Å². The van der Waals surface area contributed by atoms with Crippen LogP contribution in [0.5, 0.6) is 0 Å². The third kappa shape index (κ3) is 1.43. The van der Waals surface area contributed by atoms with Crippen molar-refractivity contribution in [1.82, 2.24) is 0 Å². The molecular weight excluding hydrogens is 228 g/mol. The van der Waals surface area contributed by atoms with Crippen molar-refractivity contribution >= 4 is 5.97 Å². The quantitative estimate of drug-likeness (QED) is 0.530. The molecule has 0 aromatic heterocycles. The zero-order valence-electron chi connectivity index (χ0n) is 11.3. The number of aliphatic hydroxyl groups excluding tert-OH is 1. The Kier molecular flexibility index (Phi) is 2.60. The molecule has 3 heteroatoms. The van der Waals surface area contributed by atoms with Gasteiger partial charge in [-0.3, -0.25) is 4.79 Å². The van der Waals surface area contributed by atoms with Gasteiger partial charge in [0.1, 0.15) is 6.10 Å². The Morgan fingerprint density at radius 2 is 2.11 bits per heavy atom. The maximum absolute atomic E-state index is 11.8. The van der Waals surface area contributed by atoms with E-state index in [1.807, 2.05) is 13.8 Å². The van der Waals surface area contributed by atoms with Crippen LogP contribution in [0.2, 0.25) is 0 Å². The van der Waals surface area contributed by atoms with Crippen LogP contribution in [0.3, 0.4) is 0 Å². The highest BCUT2D eigenvalue weighted by atomic mass is 16.6. The van der Waals surface area contributed by atoms with E-state index in [1.54, 1.807) is 0 Å². The summed E-state index contributed by atoms with van der Waals surface area (Å²) in [7, 11) is 0. The van der Waals surface area contributed by atoms with Crippen molar-refractivity contribution in [2.75, 3.05) is 0 Å². The van der Waals surface area contributed by atoms with Gasteiger partial charge in [0.05, 0.1) is 12.0 Å². The molecule has 1 heterocycles. The highest BCUT2D eigenvalue weighted by Crippen LogP contribution is 2.57. The summed E-state index contributed by atoms with van der Waals surface area (Å²) < 4.78 is 5.69. The molecule has 2 fully saturated rings. The fourth-order valence-electron chi connectivity index (χ4n) is 4.27. The van der Waals surface area contributed by atoms with Crippen LogP contribution in [-0.4, -0.2) is 23.3 Å². The lowest BCUT2D eigenvalue weighted by molar-refractivity contribution is -0.150. The second-order valence-electron chi connectivity index (χ2n) is 6.51. The molecule has 3 rings (SSSR count). The summed E-state index contributed by atoms with van der Waals surface area (Å²) in [5.74, 6) is 0.781. The van der Waals surface area contributed by atoms with Crippen molar-refractivity contribution in [3.63, 3.8) is 0 Å². The summed E-state index contributed by atoms with van der Waals surface area (Å²) in [6, 6.07) is 0. The van der Waals surface area contributed by atoms with Crippen molar-refractivity contribution in [1.29, 1.82) is 0 Å². The van der Waals surface area contributed by atoms with Gasteiger partial charge in [-0.15, -0.1) is 0 Å². The smallest absolute Gasteiger partial charge is 0.309 e. The third-order valence-corrected chi connectivity index (χ3v) is 5.60. The number of rotatable bonds is 0. The molecule has 1 aliphatic heterocycles. The molecule has 0 radical (unpaired) electrons. The largest absolute Gasteiger partial charge is 0.461 e. The lowest BCUT2D eigenvalue weighted by Crippen LogP contribution is -2.46. The van der Waals surface area contributed by atoms with E-state index < -0.39 is 0 Å². The highest BCUT2D eigenvalue weighted by molar-refractivity contribution is 5.75. The van der Waals surface area contributed by atoms with Crippen molar-refractivity contribution in [2.45, 2.75) is 52.2 Å². The fourth-order valence-corrected chi connectivity index (χ4v) is 4.27. The minimum atomic E-state index is -0.360. The molecule has 3 aliphatic rings. The van der Waals surface area contributed by atoms with E-state index in [2.05, 4.69) is 13.0 Å². The summed E-state index contributed by atoms with van der Waals surface area (Å²) in [4.78, 5) is 11.8. The first-order valence-corrected chi connectivity index (χ1v) is 7.03. The van der Waals surface area contributed by atoms with E-state index in [9.17, 15) is 9.90 Å². The molecule has 0 aromatic carbocycles. The van der Waals surface area contributed by atoms with Gasteiger partial charge in [0.15, 0.2) is 0 Å². The Bertz CT molecular complexity index is 414. The van der Waals surface area contributed by atoms with Gasteiger partial charge in [0, 0.05) is 11.3 Å². The molecule has 1 saturated carbocycles. The Morgan fingerprint density at radius 1 is 1.39 bits per heavy atom. The first kappa shape index (κ1) is 12.2. The first-order chi connectivity index (χ1) is 8.45. The molecule has 6 atom stereocenters. The van der Waals surface area contributed by atoms with Crippen LogP contribution in [0.25, 0.3) is 0 Å². The average Bonchev–Trinajstić information content (AvgIpc) is 2.77. The molecule has 0 bridgehead atoms. The Balaban J connectivity index is 2.00.